The molecule has 140 valence electrons. The molecule has 2 aromatic carbocycles. The standard InChI is InChI=1S/C21H23N3O3/c1-3-15-7-5-6-8-18(15)22-19(25)13-14-20-23-21(24-27-20)16-9-11-17(12-10-16)26-4-2/h5-12H,3-4,13-14H2,1-2H3,(H,22,25). The molecule has 6 nitrogen and oxygen atoms in total. The SMILES string of the molecule is CCOc1ccc(-c2noc(CCC(=O)Nc3ccccc3CC)n2)cc1. The van der Waals surface area contributed by atoms with E-state index in [9.17, 15) is 4.79 Å². The second-order valence-corrected chi connectivity index (χ2v) is 6.03. The average Bonchev–Trinajstić information content (AvgIpc) is 3.17. The van der Waals surface area contributed by atoms with Gasteiger partial charge >= 0.3 is 0 Å². The first-order valence-corrected chi connectivity index (χ1v) is 9.13. The zero-order valence-corrected chi connectivity index (χ0v) is 15.6. The normalized spacial score (nSPS) is 10.6. The summed E-state index contributed by atoms with van der Waals surface area (Å²) in [6.45, 7) is 4.62. The molecule has 1 N–H and O–H groups in total. The number of ether oxygens (including phenoxy) is 1. The first-order valence-electron chi connectivity index (χ1n) is 9.13. The quantitative estimate of drug-likeness (QED) is 0.645. The molecule has 0 fully saturated rings. The summed E-state index contributed by atoms with van der Waals surface area (Å²) >= 11 is 0. The maximum absolute atomic E-state index is 12.2. The van der Waals surface area contributed by atoms with Crippen molar-refractivity contribution in [2.45, 2.75) is 33.1 Å². The summed E-state index contributed by atoms with van der Waals surface area (Å²) < 4.78 is 10.7. The maximum Gasteiger partial charge on any atom is 0.227 e. The molecule has 27 heavy (non-hydrogen) atoms. The van der Waals surface area contributed by atoms with Gasteiger partial charge in [0.1, 0.15) is 5.75 Å². The second-order valence-electron chi connectivity index (χ2n) is 6.03. The van der Waals surface area contributed by atoms with Crippen LogP contribution >= 0.6 is 0 Å². The Labute approximate surface area is 158 Å². The van der Waals surface area contributed by atoms with Crippen LogP contribution in [0.3, 0.4) is 0 Å². The summed E-state index contributed by atoms with van der Waals surface area (Å²) in [5, 5.41) is 6.94. The predicted octanol–water partition coefficient (Wildman–Crippen LogP) is 4.27. The highest BCUT2D eigenvalue weighted by Gasteiger charge is 2.12. The number of rotatable bonds is 8. The van der Waals surface area contributed by atoms with Crippen LogP contribution in [0.4, 0.5) is 5.69 Å². The molecular weight excluding hydrogens is 342 g/mol. The summed E-state index contributed by atoms with van der Waals surface area (Å²) in [7, 11) is 0. The van der Waals surface area contributed by atoms with E-state index in [1.807, 2.05) is 55.5 Å². The van der Waals surface area contributed by atoms with E-state index in [2.05, 4.69) is 22.4 Å². The van der Waals surface area contributed by atoms with E-state index in [0.29, 0.717) is 24.7 Å². The van der Waals surface area contributed by atoms with Crippen LogP contribution in [0.25, 0.3) is 11.4 Å². The van der Waals surface area contributed by atoms with E-state index in [1.54, 1.807) is 0 Å². The molecule has 0 saturated carbocycles. The lowest BCUT2D eigenvalue weighted by Gasteiger charge is -2.08. The number of aryl methyl sites for hydroxylation is 2. The van der Waals surface area contributed by atoms with Crippen molar-refractivity contribution in [3.63, 3.8) is 0 Å². The molecule has 1 aromatic heterocycles. The van der Waals surface area contributed by atoms with E-state index in [4.69, 9.17) is 9.26 Å². The molecule has 0 bridgehead atoms. The number of carbonyl (C=O) groups is 1. The molecule has 0 radical (unpaired) electrons. The molecule has 3 aromatic rings. The Kier molecular flexibility index (Phi) is 6.20. The monoisotopic (exact) mass is 365 g/mol. The molecule has 0 saturated heterocycles. The summed E-state index contributed by atoms with van der Waals surface area (Å²) in [6.07, 6.45) is 1.54. The molecular formula is C21H23N3O3. The van der Waals surface area contributed by atoms with Gasteiger partial charge in [0.15, 0.2) is 0 Å². The molecule has 0 atom stereocenters. The van der Waals surface area contributed by atoms with Crippen molar-refractivity contribution in [2.75, 3.05) is 11.9 Å². The predicted molar refractivity (Wildman–Crippen MR) is 104 cm³/mol. The van der Waals surface area contributed by atoms with Gasteiger partial charge in [0, 0.05) is 24.1 Å². The van der Waals surface area contributed by atoms with Gasteiger partial charge in [-0.3, -0.25) is 4.79 Å². The molecule has 0 aliphatic rings. The number of hydrogen-bond acceptors (Lipinski definition) is 5. The summed E-state index contributed by atoms with van der Waals surface area (Å²) in [6, 6.07) is 15.3. The Morgan fingerprint density at radius 2 is 1.89 bits per heavy atom. The third kappa shape index (κ3) is 4.94. The molecule has 1 heterocycles. The van der Waals surface area contributed by atoms with Crippen LogP contribution in [-0.4, -0.2) is 22.7 Å². The van der Waals surface area contributed by atoms with Crippen LogP contribution in [0.5, 0.6) is 5.75 Å². The van der Waals surface area contributed by atoms with Crippen molar-refractivity contribution < 1.29 is 14.1 Å². The first kappa shape index (κ1) is 18.6. The van der Waals surface area contributed by atoms with Gasteiger partial charge in [-0.2, -0.15) is 4.98 Å². The van der Waals surface area contributed by atoms with Crippen molar-refractivity contribution in [1.82, 2.24) is 10.1 Å². The lowest BCUT2D eigenvalue weighted by molar-refractivity contribution is -0.116. The molecule has 0 unspecified atom stereocenters. The maximum atomic E-state index is 12.2. The smallest absolute Gasteiger partial charge is 0.227 e. The van der Waals surface area contributed by atoms with Gasteiger partial charge < -0.3 is 14.6 Å². The molecule has 0 aliphatic carbocycles. The van der Waals surface area contributed by atoms with Gasteiger partial charge in [0.2, 0.25) is 17.6 Å². The number of benzene rings is 2. The zero-order valence-electron chi connectivity index (χ0n) is 15.6. The van der Waals surface area contributed by atoms with Gasteiger partial charge in [-0.25, -0.2) is 0 Å². The van der Waals surface area contributed by atoms with Gasteiger partial charge in [-0.1, -0.05) is 30.3 Å². The fourth-order valence-corrected chi connectivity index (χ4v) is 2.72. The number of aromatic nitrogens is 2. The minimum Gasteiger partial charge on any atom is -0.494 e. The number of hydrogen-bond donors (Lipinski definition) is 1. The van der Waals surface area contributed by atoms with E-state index >= 15 is 0 Å². The third-order valence-electron chi connectivity index (χ3n) is 4.13. The van der Waals surface area contributed by atoms with E-state index in [1.165, 1.54) is 0 Å². The van der Waals surface area contributed by atoms with Crippen molar-refractivity contribution in [3.8, 4) is 17.1 Å². The number of nitrogens with one attached hydrogen (secondary N) is 1. The van der Waals surface area contributed by atoms with E-state index < -0.39 is 0 Å². The van der Waals surface area contributed by atoms with Crippen LogP contribution in [-0.2, 0) is 17.6 Å². The number of para-hydroxylation sites is 1. The van der Waals surface area contributed by atoms with Crippen molar-refractivity contribution in [3.05, 3.63) is 60.0 Å². The Hall–Kier alpha value is -3.15. The topological polar surface area (TPSA) is 77.2 Å². The Morgan fingerprint density at radius 3 is 2.63 bits per heavy atom. The number of anilines is 1. The highest BCUT2D eigenvalue weighted by molar-refractivity contribution is 5.91. The third-order valence-corrected chi connectivity index (χ3v) is 4.13. The number of amides is 1. The largest absolute Gasteiger partial charge is 0.494 e. The lowest BCUT2D eigenvalue weighted by Crippen LogP contribution is -2.13. The number of nitrogens with zero attached hydrogens (tertiary/aromatic N) is 2. The second kappa shape index (κ2) is 8.98. The average molecular weight is 365 g/mol. The molecule has 0 spiro atoms. The van der Waals surface area contributed by atoms with Gasteiger partial charge in [-0.05, 0) is 49.2 Å². The summed E-state index contributed by atoms with van der Waals surface area (Å²) in [5.41, 5.74) is 2.81. The molecule has 0 aliphatic heterocycles. The zero-order chi connectivity index (χ0) is 19.1. The highest BCUT2D eigenvalue weighted by atomic mass is 16.5. The Morgan fingerprint density at radius 1 is 1.11 bits per heavy atom. The van der Waals surface area contributed by atoms with Crippen molar-refractivity contribution >= 4 is 11.6 Å². The van der Waals surface area contributed by atoms with Gasteiger partial charge in [0.25, 0.3) is 0 Å². The van der Waals surface area contributed by atoms with Crippen molar-refractivity contribution in [1.29, 1.82) is 0 Å². The van der Waals surface area contributed by atoms with Gasteiger partial charge in [-0.15, -0.1) is 0 Å². The highest BCUT2D eigenvalue weighted by Crippen LogP contribution is 2.20. The van der Waals surface area contributed by atoms with E-state index in [0.717, 1.165) is 29.0 Å². The van der Waals surface area contributed by atoms with Crippen LogP contribution in [0.1, 0.15) is 31.7 Å². The van der Waals surface area contributed by atoms with Gasteiger partial charge in [0.05, 0.1) is 6.61 Å². The molecule has 1 amide bonds. The fraction of sp³-hybridized carbons (Fsp3) is 0.286. The van der Waals surface area contributed by atoms with Crippen LogP contribution in [0.15, 0.2) is 53.1 Å². The van der Waals surface area contributed by atoms with Crippen LogP contribution < -0.4 is 10.1 Å². The minimum atomic E-state index is -0.0725. The first-order chi connectivity index (χ1) is 13.2. The van der Waals surface area contributed by atoms with Crippen LogP contribution in [0, 0.1) is 0 Å². The van der Waals surface area contributed by atoms with Crippen LogP contribution in [0.2, 0.25) is 0 Å². The molecule has 3 rings (SSSR count). The summed E-state index contributed by atoms with van der Waals surface area (Å²) in [4.78, 5) is 16.6. The fourth-order valence-electron chi connectivity index (χ4n) is 2.72. The van der Waals surface area contributed by atoms with Crippen molar-refractivity contribution in [2.24, 2.45) is 0 Å². The Bertz CT molecular complexity index is 888. The number of carbonyl (C=O) groups excluding carboxylic acids is 1. The minimum absolute atomic E-state index is 0.0725. The lowest BCUT2D eigenvalue weighted by atomic mass is 10.1. The summed E-state index contributed by atoms with van der Waals surface area (Å²) in [5.74, 6) is 1.67. The van der Waals surface area contributed by atoms with E-state index in [-0.39, 0.29) is 12.3 Å². The molecule has 6 heteroatoms. The Balaban J connectivity index is 1.57.